The Kier molecular flexibility index (Phi) is 6.31. The van der Waals surface area contributed by atoms with Crippen LogP contribution in [0.1, 0.15) is 40.0 Å². The van der Waals surface area contributed by atoms with Crippen molar-refractivity contribution in [1.29, 1.82) is 0 Å². The van der Waals surface area contributed by atoms with Crippen LogP contribution in [0.25, 0.3) is 0 Å². The van der Waals surface area contributed by atoms with E-state index in [1.54, 1.807) is 6.92 Å². The van der Waals surface area contributed by atoms with Crippen molar-refractivity contribution in [3.63, 3.8) is 0 Å². The predicted octanol–water partition coefficient (Wildman–Crippen LogP) is 1.86. The first-order valence-corrected chi connectivity index (χ1v) is 6.56. The number of hydrogen-bond acceptors (Lipinski definition) is 3. The first-order chi connectivity index (χ1) is 6.35. The maximum Gasteiger partial charge on any atom is 0.267 e. The predicted molar refractivity (Wildman–Crippen MR) is 55.9 cm³/mol. The Hall–Kier alpha value is -0.130. The summed E-state index contributed by atoms with van der Waals surface area (Å²) in [4.78, 5) is 0. The minimum atomic E-state index is -3.91. The van der Waals surface area contributed by atoms with Crippen LogP contribution < -0.4 is 0 Å². The molecule has 0 aliphatic rings. The molecule has 0 aromatic carbocycles. The summed E-state index contributed by atoms with van der Waals surface area (Å²) in [5.41, 5.74) is 0. The average molecular weight is 224 g/mol. The molecular formula is C9H20O4S. The van der Waals surface area contributed by atoms with Crippen LogP contribution in [0.4, 0.5) is 0 Å². The molecule has 0 aromatic heterocycles. The molecular weight excluding hydrogens is 204 g/mol. The fraction of sp³-hybridized carbons (Fsp3) is 1.00. The van der Waals surface area contributed by atoms with Crippen molar-refractivity contribution in [3.05, 3.63) is 0 Å². The van der Waals surface area contributed by atoms with Gasteiger partial charge in [0.2, 0.25) is 0 Å². The van der Waals surface area contributed by atoms with Crippen molar-refractivity contribution in [2.45, 2.75) is 52.2 Å². The molecule has 0 bridgehead atoms. The summed E-state index contributed by atoms with van der Waals surface area (Å²) in [5.74, 6) is -0.330. The molecule has 0 aromatic rings. The summed E-state index contributed by atoms with van der Waals surface area (Å²) in [6, 6.07) is 0. The van der Waals surface area contributed by atoms with E-state index in [0.29, 0.717) is 0 Å². The molecule has 0 aliphatic carbocycles. The molecule has 0 fully saturated rings. The van der Waals surface area contributed by atoms with Gasteiger partial charge in [-0.3, -0.25) is 4.55 Å². The topological polar surface area (TPSA) is 63.6 Å². The molecule has 0 aliphatic heterocycles. The van der Waals surface area contributed by atoms with Crippen LogP contribution >= 0.6 is 0 Å². The van der Waals surface area contributed by atoms with Crippen LogP contribution in [0.5, 0.6) is 0 Å². The van der Waals surface area contributed by atoms with Gasteiger partial charge in [0.1, 0.15) is 5.75 Å². The molecule has 5 heteroatoms. The molecule has 4 nitrogen and oxygen atoms in total. The van der Waals surface area contributed by atoms with Crippen LogP contribution in [-0.2, 0) is 14.9 Å². The van der Waals surface area contributed by atoms with Gasteiger partial charge in [-0.25, -0.2) is 0 Å². The highest BCUT2D eigenvalue weighted by atomic mass is 32.2. The number of rotatable bonds is 7. The normalized spacial score (nSPS) is 16.6. The van der Waals surface area contributed by atoms with Gasteiger partial charge in [-0.05, 0) is 20.3 Å². The van der Waals surface area contributed by atoms with Gasteiger partial charge >= 0.3 is 0 Å². The van der Waals surface area contributed by atoms with Gasteiger partial charge in [0.05, 0.1) is 12.2 Å². The zero-order valence-electron chi connectivity index (χ0n) is 9.06. The molecule has 0 saturated carbocycles. The van der Waals surface area contributed by atoms with E-state index in [-0.39, 0.29) is 11.9 Å². The summed E-state index contributed by atoms with van der Waals surface area (Å²) < 4.78 is 35.0. The fourth-order valence-electron chi connectivity index (χ4n) is 1.29. The smallest absolute Gasteiger partial charge is 0.267 e. The summed E-state index contributed by atoms with van der Waals surface area (Å²) in [5, 5.41) is 0. The lowest BCUT2D eigenvalue weighted by atomic mass is 10.2. The van der Waals surface area contributed by atoms with E-state index in [0.717, 1.165) is 19.3 Å². The molecule has 1 N–H and O–H groups in total. The van der Waals surface area contributed by atoms with Crippen molar-refractivity contribution in [3.8, 4) is 0 Å². The summed E-state index contributed by atoms with van der Waals surface area (Å²) in [6.07, 6.45) is 2.69. The van der Waals surface area contributed by atoms with Crippen molar-refractivity contribution < 1.29 is 17.7 Å². The highest BCUT2D eigenvalue weighted by Crippen LogP contribution is 2.07. The number of ether oxygens (including phenoxy) is 1. The minimum absolute atomic E-state index is 0.0479. The fourth-order valence-corrected chi connectivity index (χ4v) is 1.96. The van der Waals surface area contributed by atoms with Gasteiger partial charge in [0.15, 0.2) is 0 Å². The van der Waals surface area contributed by atoms with E-state index >= 15 is 0 Å². The zero-order chi connectivity index (χ0) is 11.2. The van der Waals surface area contributed by atoms with E-state index in [2.05, 4.69) is 6.92 Å². The van der Waals surface area contributed by atoms with Crippen LogP contribution in [-0.4, -0.2) is 30.9 Å². The molecule has 0 rings (SSSR count). The number of unbranched alkanes of at least 4 members (excludes halogenated alkanes) is 1. The Morgan fingerprint density at radius 2 is 1.86 bits per heavy atom. The summed E-state index contributed by atoms with van der Waals surface area (Å²) >= 11 is 0. The summed E-state index contributed by atoms with van der Waals surface area (Å²) in [7, 11) is -3.91. The van der Waals surface area contributed by atoms with E-state index in [1.165, 1.54) is 0 Å². The first kappa shape index (κ1) is 13.9. The molecule has 0 saturated heterocycles. The third kappa shape index (κ3) is 8.47. The molecule has 0 radical (unpaired) electrons. The second kappa shape index (κ2) is 6.37. The largest absolute Gasteiger partial charge is 0.374 e. The van der Waals surface area contributed by atoms with Gasteiger partial charge in [0.25, 0.3) is 10.1 Å². The van der Waals surface area contributed by atoms with Crippen molar-refractivity contribution >= 4 is 10.1 Å². The third-order valence-corrected chi connectivity index (χ3v) is 2.76. The molecule has 0 spiro atoms. The van der Waals surface area contributed by atoms with Crippen LogP contribution in [0.2, 0.25) is 0 Å². The van der Waals surface area contributed by atoms with E-state index < -0.39 is 16.2 Å². The summed E-state index contributed by atoms with van der Waals surface area (Å²) in [6.45, 7) is 5.65. The quantitative estimate of drug-likeness (QED) is 0.670. The van der Waals surface area contributed by atoms with Crippen molar-refractivity contribution in [1.82, 2.24) is 0 Å². The Bertz CT molecular complexity index is 235. The zero-order valence-corrected chi connectivity index (χ0v) is 9.88. The molecule has 0 heterocycles. The molecule has 2 unspecified atom stereocenters. The minimum Gasteiger partial charge on any atom is -0.374 e. The Balaban J connectivity index is 3.76. The second-order valence-electron chi connectivity index (χ2n) is 3.65. The van der Waals surface area contributed by atoms with Crippen LogP contribution in [0.15, 0.2) is 0 Å². The lowest BCUT2D eigenvalue weighted by Crippen LogP contribution is -2.24. The van der Waals surface area contributed by atoms with Gasteiger partial charge in [-0.15, -0.1) is 0 Å². The maximum absolute atomic E-state index is 10.5. The van der Waals surface area contributed by atoms with Gasteiger partial charge in [-0.2, -0.15) is 8.42 Å². The molecule has 86 valence electrons. The Morgan fingerprint density at radius 3 is 2.29 bits per heavy atom. The van der Waals surface area contributed by atoms with E-state index in [4.69, 9.17) is 9.29 Å². The lowest BCUT2D eigenvalue weighted by molar-refractivity contribution is 0.0144. The van der Waals surface area contributed by atoms with Crippen LogP contribution in [0, 0.1) is 0 Å². The average Bonchev–Trinajstić information content (AvgIpc) is 1.96. The van der Waals surface area contributed by atoms with Gasteiger partial charge in [0, 0.05) is 0 Å². The Labute approximate surface area is 86.4 Å². The van der Waals surface area contributed by atoms with Gasteiger partial charge < -0.3 is 4.74 Å². The SMILES string of the molecule is CCCCC(C)OC(C)CS(=O)(=O)O. The Morgan fingerprint density at radius 1 is 1.29 bits per heavy atom. The monoisotopic (exact) mass is 224 g/mol. The number of hydrogen-bond donors (Lipinski definition) is 1. The lowest BCUT2D eigenvalue weighted by Gasteiger charge is -2.17. The van der Waals surface area contributed by atoms with Crippen molar-refractivity contribution in [2.24, 2.45) is 0 Å². The molecule has 14 heavy (non-hydrogen) atoms. The van der Waals surface area contributed by atoms with Crippen LogP contribution in [0.3, 0.4) is 0 Å². The van der Waals surface area contributed by atoms with Crippen molar-refractivity contribution in [2.75, 3.05) is 5.75 Å². The molecule has 2 atom stereocenters. The first-order valence-electron chi connectivity index (χ1n) is 4.95. The highest BCUT2D eigenvalue weighted by molar-refractivity contribution is 7.85. The van der Waals surface area contributed by atoms with Gasteiger partial charge in [-0.1, -0.05) is 19.8 Å². The standard InChI is InChI=1S/C9H20O4S/c1-4-5-6-8(2)13-9(3)7-14(10,11)12/h8-9H,4-7H2,1-3H3,(H,10,11,12). The van der Waals surface area contributed by atoms with E-state index in [1.807, 2.05) is 6.92 Å². The second-order valence-corrected chi connectivity index (χ2v) is 5.15. The molecule has 0 amide bonds. The highest BCUT2D eigenvalue weighted by Gasteiger charge is 2.15. The maximum atomic E-state index is 10.5. The third-order valence-electron chi connectivity index (χ3n) is 1.87. The van der Waals surface area contributed by atoms with E-state index in [9.17, 15) is 8.42 Å².